The second-order valence-electron chi connectivity index (χ2n) is 4.27. The normalized spacial score (nSPS) is 10.4. The Hall–Kier alpha value is -1.56. The molecule has 2 rings (SSSR count). The van der Waals surface area contributed by atoms with Crippen molar-refractivity contribution in [1.29, 1.82) is 0 Å². The van der Waals surface area contributed by atoms with Crippen molar-refractivity contribution in [2.45, 2.75) is 6.54 Å². The van der Waals surface area contributed by atoms with Gasteiger partial charge in [-0.05, 0) is 18.2 Å². The zero-order valence-electron chi connectivity index (χ0n) is 11.1. The van der Waals surface area contributed by atoms with Gasteiger partial charge in [0.15, 0.2) is 0 Å². The maximum Gasteiger partial charge on any atom is 0.256 e. The minimum atomic E-state index is -0.221. The van der Waals surface area contributed by atoms with Crippen molar-refractivity contribution in [2.75, 3.05) is 12.3 Å². The first-order chi connectivity index (χ1) is 10.0. The van der Waals surface area contributed by atoms with Crippen LogP contribution in [0.2, 0.25) is 9.49 Å². The van der Waals surface area contributed by atoms with Crippen LogP contribution in [0.25, 0.3) is 0 Å². The average molecular weight is 342 g/mol. The molecule has 0 atom stereocenters. The van der Waals surface area contributed by atoms with E-state index in [4.69, 9.17) is 28.9 Å². The molecule has 0 aliphatic heterocycles. The van der Waals surface area contributed by atoms with Crippen molar-refractivity contribution in [1.82, 2.24) is 9.88 Å². The number of halogens is 2. The molecule has 0 bridgehead atoms. The summed E-state index contributed by atoms with van der Waals surface area (Å²) in [7, 11) is 0. The van der Waals surface area contributed by atoms with Crippen LogP contribution in [0, 0.1) is 0 Å². The van der Waals surface area contributed by atoms with Crippen LogP contribution >= 0.6 is 34.5 Å². The van der Waals surface area contributed by atoms with Crippen LogP contribution in [0.3, 0.4) is 0 Å². The Labute approximate surface area is 136 Å². The van der Waals surface area contributed by atoms with Crippen LogP contribution in [0.15, 0.2) is 37.1 Å². The highest BCUT2D eigenvalue weighted by atomic mass is 35.5. The highest BCUT2D eigenvalue weighted by molar-refractivity contribution is 7.16. The number of carbonyl (C=O) groups is 1. The van der Waals surface area contributed by atoms with Gasteiger partial charge in [0.25, 0.3) is 5.91 Å². The van der Waals surface area contributed by atoms with Gasteiger partial charge in [-0.25, -0.2) is 4.98 Å². The summed E-state index contributed by atoms with van der Waals surface area (Å²) in [6.07, 6.45) is 3.04. The van der Waals surface area contributed by atoms with Crippen LogP contribution in [0.5, 0.6) is 0 Å². The summed E-state index contributed by atoms with van der Waals surface area (Å²) in [5, 5.41) is 0.227. The summed E-state index contributed by atoms with van der Waals surface area (Å²) in [5.74, 6) is -0.221. The number of rotatable bonds is 5. The molecule has 0 aliphatic rings. The molecule has 2 N–H and O–H groups in total. The van der Waals surface area contributed by atoms with Crippen molar-refractivity contribution in [3.8, 4) is 0 Å². The standard InChI is InChI=1S/C14H13Cl2N3OS/c1-2-5-19(8-9-3-4-13(16)21-9)14(20)10-6-12(15)18-7-11(10)17/h2-4,6-7H,1,5,8,17H2. The fourth-order valence-electron chi connectivity index (χ4n) is 1.80. The Kier molecular flexibility index (Phi) is 5.22. The first-order valence-electron chi connectivity index (χ1n) is 6.06. The molecule has 0 aliphatic carbocycles. The SMILES string of the molecule is C=CCN(Cc1ccc(Cl)s1)C(=O)c1cc(Cl)ncc1N. The lowest BCUT2D eigenvalue weighted by Gasteiger charge is -2.21. The van der Waals surface area contributed by atoms with E-state index in [1.807, 2.05) is 6.07 Å². The van der Waals surface area contributed by atoms with E-state index >= 15 is 0 Å². The summed E-state index contributed by atoms with van der Waals surface area (Å²) >= 11 is 13.2. The summed E-state index contributed by atoms with van der Waals surface area (Å²) in [6.45, 7) is 4.51. The number of nitrogens with zero attached hydrogens (tertiary/aromatic N) is 2. The quantitative estimate of drug-likeness (QED) is 0.663. The van der Waals surface area contributed by atoms with Crippen molar-refractivity contribution >= 4 is 46.1 Å². The lowest BCUT2D eigenvalue weighted by molar-refractivity contribution is 0.0765. The fraction of sp³-hybridized carbons (Fsp3) is 0.143. The Morgan fingerprint density at radius 2 is 2.24 bits per heavy atom. The van der Waals surface area contributed by atoms with Crippen LogP contribution in [0.4, 0.5) is 5.69 Å². The van der Waals surface area contributed by atoms with Crippen molar-refractivity contribution < 1.29 is 4.79 Å². The molecule has 0 fully saturated rings. The number of anilines is 1. The van der Waals surface area contributed by atoms with Gasteiger partial charge in [-0.2, -0.15) is 0 Å². The maximum atomic E-state index is 12.6. The molecule has 2 heterocycles. The van der Waals surface area contributed by atoms with E-state index in [2.05, 4.69) is 11.6 Å². The molecular weight excluding hydrogens is 329 g/mol. The minimum absolute atomic E-state index is 0.221. The van der Waals surface area contributed by atoms with E-state index in [0.717, 1.165) is 4.88 Å². The van der Waals surface area contributed by atoms with Gasteiger partial charge >= 0.3 is 0 Å². The third-order valence-corrected chi connectivity index (χ3v) is 4.17. The van der Waals surface area contributed by atoms with E-state index in [1.54, 1.807) is 17.0 Å². The highest BCUT2D eigenvalue weighted by Crippen LogP contribution is 2.24. The summed E-state index contributed by atoms with van der Waals surface area (Å²) in [6, 6.07) is 5.16. The number of hydrogen-bond donors (Lipinski definition) is 1. The molecule has 1 amide bonds. The second kappa shape index (κ2) is 6.93. The van der Waals surface area contributed by atoms with E-state index in [0.29, 0.717) is 28.7 Å². The van der Waals surface area contributed by atoms with Crippen LogP contribution in [0.1, 0.15) is 15.2 Å². The van der Waals surface area contributed by atoms with Gasteiger partial charge in [0, 0.05) is 11.4 Å². The number of amides is 1. The fourth-order valence-corrected chi connectivity index (χ4v) is 3.06. The summed E-state index contributed by atoms with van der Waals surface area (Å²) < 4.78 is 0.683. The minimum Gasteiger partial charge on any atom is -0.397 e. The van der Waals surface area contributed by atoms with E-state index in [-0.39, 0.29) is 11.1 Å². The topological polar surface area (TPSA) is 59.2 Å². The highest BCUT2D eigenvalue weighted by Gasteiger charge is 2.19. The molecule has 2 aromatic rings. The number of nitrogens with two attached hydrogens (primary N) is 1. The maximum absolute atomic E-state index is 12.6. The Balaban J connectivity index is 2.26. The lowest BCUT2D eigenvalue weighted by Crippen LogP contribution is -2.31. The summed E-state index contributed by atoms with van der Waals surface area (Å²) in [5.41, 5.74) is 6.44. The van der Waals surface area contributed by atoms with Crippen molar-refractivity contribution in [3.63, 3.8) is 0 Å². The molecule has 2 aromatic heterocycles. The van der Waals surface area contributed by atoms with Crippen molar-refractivity contribution in [3.05, 3.63) is 57.0 Å². The number of thiophene rings is 1. The second-order valence-corrected chi connectivity index (χ2v) is 6.46. The predicted molar refractivity (Wildman–Crippen MR) is 87.9 cm³/mol. The van der Waals surface area contributed by atoms with Crippen LogP contribution in [-0.4, -0.2) is 22.3 Å². The number of nitrogen functional groups attached to an aromatic ring is 1. The molecule has 0 radical (unpaired) electrons. The Morgan fingerprint density at radius 1 is 1.48 bits per heavy atom. The Bertz CT molecular complexity index is 672. The lowest BCUT2D eigenvalue weighted by atomic mass is 10.2. The third kappa shape index (κ3) is 3.97. The molecule has 0 saturated carbocycles. The molecule has 4 nitrogen and oxygen atoms in total. The van der Waals surface area contributed by atoms with E-state index < -0.39 is 0 Å². The molecule has 110 valence electrons. The van der Waals surface area contributed by atoms with E-state index in [9.17, 15) is 4.79 Å². The zero-order valence-corrected chi connectivity index (χ0v) is 13.4. The molecular formula is C14H13Cl2N3OS. The van der Waals surface area contributed by atoms with Gasteiger partial charge in [-0.3, -0.25) is 4.79 Å². The molecule has 21 heavy (non-hydrogen) atoms. The van der Waals surface area contributed by atoms with Gasteiger partial charge in [0.2, 0.25) is 0 Å². The number of carbonyl (C=O) groups excluding carboxylic acids is 1. The van der Waals surface area contributed by atoms with Crippen LogP contribution < -0.4 is 5.73 Å². The van der Waals surface area contributed by atoms with E-state index in [1.165, 1.54) is 23.6 Å². The zero-order chi connectivity index (χ0) is 15.4. The Morgan fingerprint density at radius 3 is 2.86 bits per heavy atom. The first kappa shape index (κ1) is 15.8. The smallest absolute Gasteiger partial charge is 0.256 e. The third-order valence-electron chi connectivity index (χ3n) is 2.74. The van der Waals surface area contributed by atoms with Gasteiger partial charge in [-0.1, -0.05) is 29.3 Å². The number of hydrogen-bond acceptors (Lipinski definition) is 4. The average Bonchev–Trinajstić information content (AvgIpc) is 2.86. The monoisotopic (exact) mass is 341 g/mol. The molecule has 0 unspecified atom stereocenters. The molecule has 0 saturated heterocycles. The van der Waals surface area contributed by atoms with Crippen LogP contribution in [-0.2, 0) is 6.54 Å². The predicted octanol–water partition coefficient (Wildman–Crippen LogP) is 3.86. The number of aromatic nitrogens is 1. The number of pyridine rings is 1. The van der Waals surface area contributed by atoms with Gasteiger partial charge < -0.3 is 10.6 Å². The molecule has 0 spiro atoms. The molecule has 0 aromatic carbocycles. The summed E-state index contributed by atoms with van der Waals surface area (Å²) in [4.78, 5) is 19.1. The van der Waals surface area contributed by atoms with Gasteiger partial charge in [0.1, 0.15) is 5.15 Å². The first-order valence-corrected chi connectivity index (χ1v) is 7.64. The largest absolute Gasteiger partial charge is 0.397 e. The van der Waals surface area contributed by atoms with Gasteiger partial charge in [0.05, 0.1) is 28.3 Å². The van der Waals surface area contributed by atoms with Gasteiger partial charge in [-0.15, -0.1) is 17.9 Å². The van der Waals surface area contributed by atoms with Crippen molar-refractivity contribution in [2.24, 2.45) is 0 Å². The molecule has 7 heteroatoms.